The van der Waals surface area contributed by atoms with Gasteiger partial charge in [-0.05, 0) is 42.5 Å². The largest absolute Gasteiger partial charge is 0.496 e. The second-order valence-electron chi connectivity index (χ2n) is 9.94. The molecule has 216 valence electrons. The van der Waals surface area contributed by atoms with Gasteiger partial charge >= 0.3 is 5.97 Å². The molecule has 0 saturated carbocycles. The topological polar surface area (TPSA) is 148 Å². The van der Waals surface area contributed by atoms with E-state index in [9.17, 15) is 29.1 Å². The zero-order valence-corrected chi connectivity index (χ0v) is 23.4. The van der Waals surface area contributed by atoms with Crippen molar-refractivity contribution in [2.45, 2.75) is 45.7 Å². The number of rotatable bonds is 14. The third-order valence-electron chi connectivity index (χ3n) is 6.51. The number of aliphatic carboxylic acids is 1. The van der Waals surface area contributed by atoms with Crippen molar-refractivity contribution >= 4 is 40.1 Å². The summed E-state index contributed by atoms with van der Waals surface area (Å²) < 4.78 is 11.0. The Morgan fingerprint density at radius 2 is 1.61 bits per heavy atom. The SMILES string of the molecule is COc1ccc(C(C)=O)cc1CC(=O)N[C@H](C(=O)N[C@@H](CC(=O)O)C(=O)COc1cccc2ccccc12)C(C)C. The van der Waals surface area contributed by atoms with Crippen molar-refractivity contribution in [3.63, 3.8) is 0 Å². The van der Waals surface area contributed by atoms with Crippen LogP contribution in [0.1, 0.15) is 43.1 Å². The number of carboxylic acids is 1. The van der Waals surface area contributed by atoms with Gasteiger partial charge in [-0.3, -0.25) is 24.0 Å². The van der Waals surface area contributed by atoms with Crippen molar-refractivity contribution < 1.29 is 38.6 Å². The van der Waals surface area contributed by atoms with Gasteiger partial charge in [-0.2, -0.15) is 0 Å². The monoisotopic (exact) mass is 562 g/mol. The van der Waals surface area contributed by atoms with Gasteiger partial charge in [-0.15, -0.1) is 0 Å². The summed E-state index contributed by atoms with van der Waals surface area (Å²) in [6, 6.07) is 15.1. The van der Waals surface area contributed by atoms with Crippen LogP contribution >= 0.6 is 0 Å². The first kappa shape index (κ1) is 30.8. The summed E-state index contributed by atoms with van der Waals surface area (Å²) in [6.45, 7) is 4.36. The molecule has 10 nitrogen and oxygen atoms in total. The van der Waals surface area contributed by atoms with Crippen molar-refractivity contribution in [1.82, 2.24) is 10.6 Å². The van der Waals surface area contributed by atoms with E-state index in [0.717, 1.165) is 10.8 Å². The predicted molar refractivity (Wildman–Crippen MR) is 152 cm³/mol. The van der Waals surface area contributed by atoms with Crippen molar-refractivity contribution in [2.24, 2.45) is 5.92 Å². The van der Waals surface area contributed by atoms with Gasteiger partial charge in [0.2, 0.25) is 11.8 Å². The number of carbonyl (C=O) groups excluding carboxylic acids is 4. The summed E-state index contributed by atoms with van der Waals surface area (Å²) in [5, 5.41) is 16.2. The van der Waals surface area contributed by atoms with Gasteiger partial charge in [0.25, 0.3) is 0 Å². The van der Waals surface area contributed by atoms with Crippen LogP contribution in [-0.4, -0.2) is 60.3 Å². The normalized spacial score (nSPS) is 12.3. The molecule has 0 heterocycles. The van der Waals surface area contributed by atoms with Gasteiger partial charge in [0.15, 0.2) is 11.6 Å². The number of carboxylic acid groups (broad SMARTS) is 1. The quantitative estimate of drug-likeness (QED) is 0.254. The second kappa shape index (κ2) is 14.1. The molecule has 0 aromatic heterocycles. The Balaban J connectivity index is 1.70. The Hall–Kier alpha value is -4.73. The predicted octanol–water partition coefficient (Wildman–Crippen LogP) is 3.34. The lowest BCUT2D eigenvalue weighted by molar-refractivity contribution is -0.141. The molecule has 3 rings (SSSR count). The van der Waals surface area contributed by atoms with E-state index in [-0.39, 0.29) is 12.2 Å². The number of fused-ring (bicyclic) bond motifs is 1. The molecule has 2 amide bonds. The number of ketones is 2. The maximum atomic E-state index is 13.2. The molecule has 0 aliphatic carbocycles. The van der Waals surface area contributed by atoms with Crippen LogP contribution in [0.25, 0.3) is 10.8 Å². The Morgan fingerprint density at radius 1 is 0.902 bits per heavy atom. The highest BCUT2D eigenvalue weighted by Crippen LogP contribution is 2.25. The maximum absolute atomic E-state index is 13.2. The van der Waals surface area contributed by atoms with Gasteiger partial charge in [0.1, 0.15) is 30.2 Å². The molecule has 0 bridgehead atoms. The van der Waals surface area contributed by atoms with Crippen LogP contribution in [-0.2, 0) is 25.6 Å². The van der Waals surface area contributed by atoms with Crippen LogP contribution in [0.3, 0.4) is 0 Å². The zero-order valence-electron chi connectivity index (χ0n) is 23.4. The summed E-state index contributed by atoms with van der Waals surface area (Å²) in [6.07, 6.45) is -0.825. The summed E-state index contributed by atoms with van der Waals surface area (Å²) in [5.74, 6) is -2.84. The average molecular weight is 563 g/mol. The lowest BCUT2D eigenvalue weighted by Crippen LogP contribution is -2.54. The molecular weight excluding hydrogens is 528 g/mol. The van der Waals surface area contributed by atoms with E-state index in [1.807, 2.05) is 30.3 Å². The number of hydrogen-bond acceptors (Lipinski definition) is 7. The molecule has 41 heavy (non-hydrogen) atoms. The molecule has 3 aromatic rings. The van der Waals surface area contributed by atoms with E-state index in [0.29, 0.717) is 22.6 Å². The van der Waals surface area contributed by atoms with Gasteiger partial charge in [-0.25, -0.2) is 0 Å². The first-order valence-corrected chi connectivity index (χ1v) is 13.1. The van der Waals surface area contributed by atoms with E-state index in [1.165, 1.54) is 14.0 Å². The van der Waals surface area contributed by atoms with E-state index in [2.05, 4.69) is 10.6 Å². The fraction of sp³-hybridized carbons (Fsp3) is 0.323. The van der Waals surface area contributed by atoms with Gasteiger partial charge < -0.3 is 25.2 Å². The van der Waals surface area contributed by atoms with Crippen molar-refractivity contribution in [2.75, 3.05) is 13.7 Å². The average Bonchev–Trinajstić information content (AvgIpc) is 2.93. The van der Waals surface area contributed by atoms with Gasteiger partial charge in [0, 0.05) is 16.5 Å². The molecule has 2 atom stereocenters. The molecule has 0 spiro atoms. The number of benzene rings is 3. The molecular formula is C31H34N2O8. The third-order valence-corrected chi connectivity index (χ3v) is 6.51. The number of carbonyl (C=O) groups is 5. The highest BCUT2D eigenvalue weighted by Gasteiger charge is 2.30. The molecule has 0 aliphatic rings. The summed E-state index contributed by atoms with van der Waals surface area (Å²) in [4.78, 5) is 62.4. The molecule has 0 radical (unpaired) electrons. The fourth-order valence-electron chi connectivity index (χ4n) is 4.32. The Bertz CT molecular complexity index is 1440. The Kier molecular flexibility index (Phi) is 10.6. The number of Topliss-reactive ketones (excluding diaryl/α,β-unsaturated/α-hetero) is 2. The van der Waals surface area contributed by atoms with E-state index >= 15 is 0 Å². The lowest BCUT2D eigenvalue weighted by atomic mass is 10.0. The molecule has 0 fully saturated rings. The highest BCUT2D eigenvalue weighted by atomic mass is 16.5. The Morgan fingerprint density at radius 3 is 2.27 bits per heavy atom. The van der Waals surface area contributed by atoms with Crippen LogP contribution in [0.15, 0.2) is 60.7 Å². The molecule has 3 aromatic carbocycles. The van der Waals surface area contributed by atoms with Crippen LogP contribution in [0.4, 0.5) is 0 Å². The molecule has 0 unspecified atom stereocenters. The van der Waals surface area contributed by atoms with Crippen molar-refractivity contribution in [3.8, 4) is 11.5 Å². The third kappa shape index (κ3) is 8.38. The number of nitrogens with one attached hydrogen (secondary N) is 2. The standard InChI is InChI=1S/C31H34N2O8/c1-18(2)30(33-28(36)15-22-14-21(19(3)34)12-13-26(22)40-4)31(39)32-24(16-29(37)38)25(35)17-41-27-11-7-9-20-8-5-6-10-23(20)27/h5-14,18,24,30H,15-17H2,1-4H3,(H,32,39)(H,33,36)(H,37,38)/t24-,30-/m0/s1. The number of methoxy groups -OCH3 is 1. The van der Waals surface area contributed by atoms with Crippen LogP contribution in [0.5, 0.6) is 11.5 Å². The minimum absolute atomic E-state index is 0.169. The molecule has 3 N–H and O–H groups in total. The summed E-state index contributed by atoms with van der Waals surface area (Å²) >= 11 is 0. The Labute approximate surface area is 238 Å². The number of amides is 2. The first-order valence-electron chi connectivity index (χ1n) is 13.1. The van der Waals surface area contributed by atoms with Crippen LogP contribution in [0, 0.1) is 5.92 Å². The smallest absolute Gasteiger partial charge is 0.305 e. The zero-order chi connectivity index (χ0) is 30.1. The summed E-state index contributed by atoms with van der Waals surface area (Å²) in [7, 11) is 1.44. The fourth-order valence-corrected chi connectivity index (χ4v) is 4.32. The second-order valence-corrected chi connectivity index (χ2v) is 9.94. The van der Waals surface area contributed by atoms with Gasteiger partial charge in [-0.1, -0.05) is 50.2 Å². The summed E-state index contributed by atoms with van der Waals surface area (Å²) in [5.41, 5.74) is 0.873. The van der Waals surface area contributed by atoms with E-state index in [4.69, 9.17) is 9.47 Å². The molecule has 0 saturated heterocycles. The van der Waals surface area contributed by atoms with Crippen molar-refractivity contribution in [3.05, 3.63) is 71.8 Å². The lowest BCUT2D eigenvalue weighted by Gasteiger charge is -2.25. The number of hydrogen-bond donors (Lipinski definition) is 3. The van der Waals surface area contributed by atoms with Crippen LogP contribution < -0.4 is 20.1 Å². The van der Waals surface area contributed by atoms with Crippen molar-refractivity contribution in [1.29, 1.82) is 0 Å². The molecule has 0 aliphatic heterocycles. The first-order chi connectivity index (χ1) is 19.5. The number of ether oxygens (including phenoxy) is 2. The van der Waals surface area contributed by atoms with Crippen LogP contribution in [0.2, 0.25) is 0 Å². The minimum Gasteiger partial charge on any atom is -0.496 e. The highest BCUT2D eigenvalue weighted by molar-refractivity contribution is 5.97. The van der Waals surface area contributed by atoms with E-state index < -0.39 is 54.6 Å². The minimum atomic E-state index is -1.37. The van der Waals surface area contributed by atoms with Gasteiger partial charge in [0.05, 0.1) is 20.0 Å². The van der Waals surface area contributed by atoms with E-state index in [1.54, 1.807) is 44.2 Å². The maximum Gasteiger partial charge on any atom is 0.305 e. The molecule has 10 heteroatoms.